The summed E-state index contributed by atoms with van der Waals surface area (Å²) in [5.74, 6) is 5.21. The highest BCUT2D eigenvalue weighted by molar-refractivity contribution is 5.56. The standard InChI is InChI=1S/C7H11N3/c1-5-4-6(8)2-3-7(5)10-9/h2-4,10H,8-9H2,1H3. The van der Waals surface area contributed by atoms with Crippen LogP contribution in [0.1, 0.15) is 5.56 Å². The highest BCUT2D eigenvalue weighted by Gasteiger charge is 1.93. The van der Waals surface area contributed by atoms with Crippen LogP contribution in [-0.2, 0) is 0 Å². The first-order valence-corrected chi connectivity index (χ1v) is 3.07. The maximum Gasteiger partial charge on any atom is 0.0515 e. The van der Waals surface area contributed by atoms with Crippen molar-refractivity contribution < 1.29 is 0 Å². The first-order chi connectivity index (χ1) is 4.74. The zero-order chi connectivity index (χ0) is 7.56. The van der Waals surface area contributed by atoms with E-state index in [1.165, 1.54) is 0 Å². The van der Waals surface area contributed by atoms with Gasteiger partial charge in [0.1, 0.15) is 0 Å². The van der Waals surface area contributed by atoms with Gasteiger partial charge >= 0.3 is 0 Å². The van der Waals surface area contributed by atoms with Gasteiger partial charge in [0.2, 0.25) is 0 Å². The Morgan fingerprint density at radius 3 is 2.60 bits per heavy atom. The summed E-state index contributed by atoms with van der Waals surface area (Å²) in [5.41, 5.74) is 10.8. The fourth-order valence-electron chi connectivity index (χ4n) is 0.849. The van der Waals surface area contributed by atoms with E-state index in [4.69, 9.17) is 11.6 Å². The fraction of sp³-hybridized carbons (Fsp3) is 0.143. The number of rotatable bonds is 1. The Hall–Kier alpha value is -1.22. The molecule has 0 heterocycles. The lowest BCUT2D eigenvalue weighted by Crippen LogP contribution is -2.08. The van der Waals surface area contributed by atoms with E-state index in [0.29, 0.717) is 0 Å². The smallest absolute Gasteiger partial charge is 0.0515 e. The number of aryl methyl sites for hydroxylation is 1. The molecule has 0 fully saturated rings. The lowest BCUT2D eigenvalue weighted by Gasteiger charge is -2.03. The third-order valence-electron chi connectivity index (χ3n) is 1.41. The maximum absolute atomic E-state index is 5.51. The fourth-order valence-corrected chi connectivity index (χ4v) is 0.849. The molecule has 0 unspecified atom stereocenters. The van der Waals surface area contributed by atoms with E-state index >= 15 is 0 Å². The van der Waals surface area contributed by atoms with Crippen LogP contribution in [0.5, 0.6) is 0 Å². The van der Waals surface area contributed by atoms with Crippen molar-refractivity contribution in [2.24, 2.45) is 5.84 Å². The van der Waals surface area contributed by atoms with Gasteiger partial charge in [0.05, 0.1) is 5.69 Å². The van der Waals surface area contributed by atoms with Gasteiger partial charge in [0.15, 0.2) is 0 Å². The van der Waals surface area contributed by atoms with Gasteiger partial charge in [-0.2, -0.15) is 0 Å². The van der Waals surface area contributed by atoms with E-state index in [0.717, 1.165) is 16.9 Å². The summed E-state index contributed by atoms with van der Waals surface area (Å²) in [5, 5.41) is 0. The third kappa shape index (κ3) is 1.19. The van der Waals surface area contributed by atoms with Gasteiger partial charge in [0.25, 0.3) is 0 Å². The molecule has 10 heavy (non-hydrogen) atoms. The molecule has 1 aromatic carbocycles. The predicted octanol–water partition coefficient (Wildman–Crippen LogP) is 0.863. The SMILES string of the molecule is Cc1cc(N)ccc1NN. The molecule has 0 aliphatic carbocycles. The lowest BCUT2D eigenvalue weighted by molar-refractivity contribution is 1.31. The van der Waals surface area contributed by atoms with Crippen molar-refractivity contribution in [2.45, 2.75) is 6.92 Å². The molecule has 0 saturated carbocycles. The van der Waals surface area contributed by atoms with Crippen LogP contribution in [0, 0.1) is 6.92 Å². The number of anilines is 2. The summed E-state index contributed by atoms with van der Waals surface area (Å²) in [6.07, 6.45) is 0. The number of nitrogen functional groups attached to an aromatic ring is 2. The molecule has 0 aromatic heterocycles. The second-order valence-corrected chi connectivity index (χ2v) is 2.22. The minimum absolute atomic E-state index is 0.761. The molecule has 54 valence electrons. The van der Waals surface area contributed by atoms with Gasteiger partial charge in [-0.3, -0.25) is 5.84 Å². The van der Waals surface area contributed by atoms with Gasteiger partial charge in [0, 0.05) is 5.69 Å². The first kappa shape index (κ1) is 6.89. The van der Waals surface area contributed by atoms with Crippen molar-refractivity contribution in [1.29, 1.82) is 0 Å². The average molecular weight is 137 g/mol. The summed E-state index contributed by atoms with van der Waals surface area (Å²) < 4.78 is 0. The Bertz CT molecular complexity index is 232. The summed E-state index contributed by atoms with van der Waals surface area (Å²) in [4.78, 5) is 0. The second-order valence-electron chi connectivity index (χ2n) is 2.22. The second kappa shape index (κ2) is 2.58. The van der Waals surface area contributed by atoms with E-state index in [1.54, 1.807) is 0 Å². The minimum atomic E-state index is 0.761. The van der Waals surface area contributed by atoms with E-state index in [2.05, 4.69) is 5.43 Å². The van der Waals surface area contributed by atoms with E-state index < -0.39 is 0 Å². The van der Waals surface area contributed by atoms with Gasteiger partial charge in [-0.1, -0.05) is 0 Å². The van der Waals surface area contributed by atoms with Crippen molar-refractivity contribution in [1.82, 2.24) is 0 Å². The summed E-state index contributed by atoms with van der Waals surface area (Å²) in [7, 11) is 0. The monoisotopic (exact) mass is 137 g/mol. The molecule has 1 rings (SSSR count). The molecule has 0 aliphatic rings. The summed E-state index contributed by atoms with van der Waals surface area (Å²) in [6.45, 7) is 1.95. The molecule has 0 aliphatic heterocycles. The zero-order valence-corrected chi connectivity index (χ0v) is 5.89. The topological polar surface area (TPSA) is 64.1 Å². The highest BCUT2D eigenvalue weighted by Crippen LogP contribution is 2.15. The van der Waals surface area contributed by atoms with Crippen LogP contribution in [0.3, 0.4) is 0 Å². The van der Waals surface area contributed by atoms with Crippen LogP contribution in [0.4, 0.5) is 11.4 Å². The van der Waals surface area contributed by atoms with Crippen molar-refractivity contribution in [3.05, 3.63) is 23.8 Å². The molecule has 0 spiro atoms. The number of nitrogens with one attached hydrogen (secondary N) is 1. The summed E-state index contributed by atoms with van der Waals surface area (Å²) >= 11 is 0. The van der Waals surface area contributed by atoms with Crippen LogP contribution in [-0.4, -0.2) is 0 Å². The molecule has 3 nitrogen and oxygen atoms in total. The van der Waals surface area contributed by atoms with Crippen molar-refractivity contribution in [3.8, 4) is 0 Å². The van der Waals surface area contributed by atoms with Crippen LogP contribution < -0.4 is 17.0 Å². The Kier molecular flexibility index (Phi) is 1.78. The predicted molar refractivity (Wildman–Crippen MR) is 43.4 cm³/mol. The Labute approximate surface area is 60.0 Å². The zero-order valence-electron chi connectivity index (χ0n) is 5.89. The quantitative estimate of drug-likeness (QED) is 0.305. The molecule has 0 amide bonds. The molecule has 0 radical (unpaired) electrons. The number of benzene rings is 1. The van der Waals surface area contributed by atoms with Gasteiger partial charge < -0.3 is 11.2 Å². The maximum atomic E-state index is 5.51. The third-order valence-corrected chi connectivity index (χ3v) is 1.41. The molecule has 5 N–H and O–H groups in total. The molecule has 0 atom stereocenters. The Morgan fingerprint density at radius 1 is 1.40 bits per heavy atom. The lowest BCUT2D eigenvalue weighted by atomic mass is 10.2. The van der Waals surface area contributed by atoms with Crippen molar-refractivity contribution in [3.63, 3.8) is 0 Å². The van der Waals surface area contributed by atoms with Crippen LogP contribution >= 0.6 is 0 Å². The average Bonchev–Trinajstić information content (AvgIpc) is 1.88. The van der Waals surface area contributed by atoms with Gasteiger partial charge in [-0.05, 0) is 30.7 Å². The Morgan fingerprint density at radius 2 is 2.10 bits per heavy atom. The number of nitrogens with two attached hydrogens (primary N) is 2. The molecule has 0 saturated heterocycles. The highest BCUT2D eigenvalue weighted by atomic mass is 15.2. The Balaban J connectivity index is 3.07. The molecular weight excluding hydrogens is 126 g/mol. The summed E-state index contributed by atoms with van der Waals surface area (Å²) in [6, 6.07) is 5.53. The van der Waals surface area contributed by atoms with E-state index in [-0.39, 0.29) is 0 Å². The molecule has 1 aromatic rings. The number of hydrogen-bond acceptors (Lipinski definition) is 3. The van der Waals surface area contributed by atoms with Crippen LogP contribution in [0.2, 0.25) is 0 Å². The van der Waals surface area contributed by atoms with Crippen LogP contribution in [0.25, 0.3) is 0 Å². The van der Waals surface area contributed by atoms with Crippen LogP contribution in [0.15, 0.2) is 18.2 Å². The molecule has 0 bridgehead atoms. The van der Waals surface area contributed by atoms with E-state index in [1.807, 2.05) is 25.1 Å². The molecular formula is C7H11N3. The first-order valence-electron chi connectivity index (χ1n) is 3.07. The van der Waals surface area contributed by atoms with Gasteiger partial charge in [-0.25, -0.2) is 0 Å². The largest absolute Gasteiger partial charge is 0.399 e. The van der Waals surface area contributed by atoms with E-state index in [9.17, 15) is 0 Å². The number of hydrogen-bond donors (Lipinski definition) is 3. The normalized spacial score (nSPS) is 9.40. The number of hydrazine groups is 1. The van der Waals surface area contributed by atoms with Crippen molar-refractivity contribution >= 4 is 11.4 Å². The van der Waals surface area contributed by atoms with Crippen molar-refractivity contribution in [2.75, 3.05) is 11.2 Å². The molecule has 3 heteroatoms. The minimum Gasteiger partial charge on any atom is -0.399 e. The van der Waals surface area contributed by atoms with Gasteiger partial charge in [-0.15, -0.1) is 0 Å².